The molecule has 1 heterocycles. The van der Waals surface area contributed by atoms with E-state index in [2.05, 4.69) is 20.3 Å². The van der Waals surface area contributed by atoms with Crippen molar-refractivity contribution in [2.75, 3.05) is 18.5 Å². The normalized spacial score (nSPS) is 10.1. The molecule has 0 unspecified atom stereocenters. The molecule has 0 radical (unpaired) electrons. The number of hydrogen-bond acceptors (Lipinski definition) is 4. The first kappa shape index (κ1) is 12.2. The number of rotatable bonds is 6. The van der Waals surface area contributed by atoms with Crippen LogP contribution >= 0.6 is 0 Å². The van der Waals surface area contributed by atoms with Gasteiger partial charge in [0.2, 0.25) is 0 Å². The van der Waals surface area contributed by atoms with Gasteiger partial charge in [0, 0.05) is 11.8 Å². The van der Waals surface area contributed by atoms with Gasteiger partial charge >= 0.3 is 5.97 Å². The quantitative estimate of drug-likeness (QED) is 0.635. The van der Waals surface area contributed by atoms with Crippen LogP contribution in [0.25, 0.3) is 0 Å². The Balaban J connectivity index is 2.31. The lowest BCUT2D eigenvalue weighted by atomic mass is 10.3. The number of H-pyrrole nitrogens is 1. The molecular weight excluding hydrogens is 214 g/mol. The van der Waals surface area contributed by atoms with Gasteiger partial charge in [0.25, 0.3) is 5.91 Å². The molecule has 0 atom stereocenters. The van der Waals surface area contributed by atoms with Crippen LogP contribution in [0.1, 0.15) is 12.6 Å². The second-order valence-electron chi connectivity index (χ2n) is 3.07. The molecule has 0 bridgehead atoms. The van der Waals surface area contributed by atoms with Gasteiger partial charge in [0.1, 0.15) is 13.2 Å². The number of hydrogen-bond donors (Lipinski definition) is 3. The maximum absolute atomic E-state index is 11.2. The van der Waals surface area contributed by atoms with Crippen molar-refractivity contribution in [3.63, 3.8) is 0 Å². The predicted octanol–water partition coefficient (Wildman–Crippen LogP) is 0.0118. The number of nitrogens with zero attached hydrogens (tertiary/aromatic N) is 1. The highest BCUT2D eigenvalue weighted by Crippen LogP contribution is 2.05. The fourth-order valence-electron chi connectivity index (χ4n) is 1.02. The topological polar surface area (TPSA) is 104 Å². The first-order valence-corrected chi connectivity index (χ1v) is 4.75. The first-order valence-electron chi connectivity index (χ1n) is 4.75. The molecule has 0 saturated heterocycles. The lowest BCUT2D eigenvalue weighted by molar-refractivity contribution is -0.143. The highest BCUT2D eigenvalue weighted by Gasteiger charge is 2.06. The third-order valence-electron chi connectivity index (χ3n) is 1.74. The molecule has 0 aliphatic heterocycles. The number of carboxylic acids is 1. The smallest absolute Gasteiger partial charge is 0.329 e. The van der Waals surface area contributed by atoms with Gasteiger partial charge < -0.3 is 15.2 Å². The summed E-state index contributed by atoms with van der Waals surface area (Å²) >= 11 is 0. The summed E-state index contributed by atoms with van der Waals surface area (Å²) < 4.78 is 4.61. The average Bonchev–Trinajstić information content (AvgIpc) is 2.65. The Bertz CT molecular complexity index is 375. The number of nitrogens with one attached hydrogen (secondary N) is 2. The number of anilines is 1. The Labute approximate surface area is 91.8 Å². The molecular formula is C9H13N3O4. The molecule has 16 heavy (non-hydrogen) atoms. The molecule has 0 fully saturated rings. The van der Waals surface area contributed by atoms with Gasteiger partial charge in [-0.3, -0.25) is 9.89 Å². The van der Waals surface area contributed by atoms with Crippen molar-refractivity contribution < 1.29 is 19.4 Å². The minimum atomic E-state index is -1.11. The molecule has 7 heteroatoms. The minimum absolute atomic E-state index is 0.305. The molecule has 0 aromatic carbocycles. The van der Waals surface area contributed by atoms with Gasteiger partial charge in [-0.15, -0.1) is 0 Å². The number of ether oxygens (including phenoxy) is 1. The van der Waals surface area contributed by atoms with Crippen LogP contribution in [0.3, 0.4) is 0 Å². The van der Waals surface area contributed by atoms with E-state index in [1.807, 2.05) is 6.92 Å². The van der Waals surface area contributed by atoms with E-state index in [0.29, 0.717) is 5.82 Å². The number of amides is 1. The van der Waals surface area contributed by atoms with E-state index in [9.17, 15) is 9.59 Å². The Kier molecular flexibility index (Phi) is 4.46. The molecule has 0 aliphatic rings. The van der Waals surface area contributed by atoms with Crippen molar-refractivity contribution in [3.05, 3.63) is 11.8 Å². The number of carboxylic acid groups (broad SMARTS) is 1. The molecule has 0 saturated carbocycles. The van der Waals surface area contributed by atoms with Gasteiger partial charge in [-0.25, -0.2) is 4.79 Å². The van der Waals surface area contributed by atoms with Crippen molar-refractivity contribution in [2.24, 2.45) is 0 Å². The molecule has 88 valence electrons. The molecule has 1 amide bonds. The average molecular weight is 227 g/mol. The summed E-state index contributed by atoms with van der Waals surface area (Å²) in [5.74, 6) is -1.14. The van der Waals surface area contributed by atoms with Crippen LogP contribution in [-0.2, 0) is 20.7 Å². The van der Waals surface area contributed by atoms with Crippen LogP contribution in [0, 0.1) is 0 Å². The Morgan fingerprint density at radius 2 is 2.31 bits per heavy atom. The molecule has 1 rings (SSSR count). The first-order chi connectivity index (χ1) is 7.61. The van der Waals surface area contributed by atoms with E-state index < -0.39 is 18.5 Å². The van der Waals surface area contributed by atoms with Gasteiger partial charge in [-0.2, -0.15) is 5.10 Å². The maximum Gasteiger partial charge on any atom is 0.329 e. The van der Waals surface area contributed by atoms with Crippen LogP contribution in [0.5, 0.6) is 0 Å². The Morgan fingerprint density at radius 1 is 1.56 bits per heavy atom. The summed E-state index contributed by atoms with van der Waals surface area (Å²) in [6.45, 7) is 1.16. The summed E-state index contributed by atoms with van der Waals surface area (Å²) in [5, 5.41) is 17.3. The van der Waals surface area contributed by atoms with E-state index in [1.165, 1.54) is 0 Å². The van der Waals surface area contributed by atoms with Gasteiger partial charge in [-0.05, 0) is 6.42 Å². The van der Waals surface area contributed by atoms with Crippen LogP contribution in [-0.4, -0.2) is 40.4 Å². The fraction of sp³-hybridized carbons (Fsp3) is 0.444. The fourth-order valence-corrected chi connectivity index (χ4v) is 1.02. The summed E-state index contributed by atoms with van der Waals surface area (Å²) in [4.78, 5) is 21.3. The number of aromatic amines is 1. The standard InChI is InChI=1S/C9H13N3O4/c1-2-6-3-7(12-11-6)10-8(13)4-16-5-9(14)15/h3H,2,4-5H2,1H3,(H,14,15)(H2,10,11,12,13). The van der Waals surface area contributed by atoms with Gasteiger partial charge in [-0.1, -0.05) is 6.92 Å². The van der Waals surface area contributed by atoms with Gasteiger partial charge in [0.15, 0.2) is 5.82 Å². The predicted molar refractivity (Wildman–Crippen MR) is 55.1 cm³/mol. The summed E-state index contributed by atoms with van der Waals surface area (Å²) in [5.41, 5.74) is 0.904. The molecule has 0 spiro atoms. The van der Waals surface area contributed by atoms with Crippen molar-refractivity contribution in [1.82, 2.24) is 10.2 Å². The molecule has 1 aromatic heterocycles. The number of aryl methyl sites for hydroxylation is 1. The lowest BCUT2D eigenvalue weighted by Gasteiger charge is -2.01. The SMILES string of the molecule is CCc1cc(NC(=O)COCC(=O)O)n[nH]1. The highest BCUT2D eigenvalue weighted by molar-refractivity contribution is 5.90. The highest BCUT2D eigenvalue weighted by atomic mass is 16.5. The summed E-state index contributed by atoms with van der Waals surface area (Å²) in [6, 6.07) is 1.70. The minimum Gasteiger partial charge on any atom is -0.480 e. The summed E-state index contributed by atoms with van der Waals surface area (Å²) in [7, 11) is 0. The Morgan fingerprint density at radius 3 is 2.88 bits per heavy atom. The van der Waals surface area contributed by atoms with E-state index in [-0.39, 0.29) is 6.61 Å². The largest absolute Gasteiger partial charge is 0.480 e. The number of aliphatic carboxylic acids is 1. The van der Waals surface area contributed by atoms with Crippen LogP contribution in [0.2, 0.25) is 0 Å². The van der Waals surface area contributed by atoms with E-state index >= 15 is 0 Å². The third kappa shape index (κ3) is 4.09. The van der Waals surface area contributed by atoms with E-state index in [4.69, 9.17) is 5.11 Å². The Hall–Kier alpha value is -1.89. The monoisotopic (exact) mass is 227 g/mol. The van der Waals surface area contributed by atoms with Crippen LogP contribution in [0.4, 0.5) is 5.82 Å². The second-order valence-corrected chi connectivity index (χ2v) is 3.07. The van der Waals surface area contributed by atoms with Crippen LogP contribution < -0.4 is 5.32 Å². The number of carbonyl (C=O) groups excluding carboxylic acids is 1. The third-order valence-corrected chi connectivity index (χ3v) is 1.74. The molecule has 7 nitrogen and oxygen atoms in total. The van der Waals surface area contributed by atoms with Crippen molar-refractivity contribution >= 4 is 17.7 Å². The van der Waals surface area contributed by atoms with Gasteiger partial charge in [0.05, 0.1) is 0 Å². The lowest BCUT2D eigenvalue weighted by Crippen LogP contribution is -2.20. The zero-order valence-electron chi connectivity index (χ0n) is 8.82. The van der Waals surface area contributed by atoms with Crippen LogP contribution in [0.15, 0.2) is 6.07 Å². The summed E-state index contributed by atoms with van der Waals surface area (Å²) in [6.07, 6.45) is 0.790. The molecule has 3 N–H and O–H groups in total. The second kappa shape index (κ2) is 5.86. The number of carbonyl (C=O) groups is 2. The number of aromatic nitrogens is 2. The molecule has 0 aliphatic carbocycles. The van der Waals surface area contributed by atoms with E-state index in [0.717, 1.165) is 12.1 Å². The maximum atomic E-state index is 11.2. The van der Waals surface area contributed by atoms with E-state index in [1.54, 1.807) is 6.07 Å². The van der Waals surface area contributed by atoms with Crippen molar-refractivity contribution in [3.8, 4) is 0 Å². The van der Waals surface area contributed by atoms with Crippen molar-refractivity contribution in [1.29, 1.82) is 0 Å². The van der Waals surface area contributed by atoms with Crippen molar-refractivity contribution in [2.45, 2.75) is 13.3 Å². The molecule has 1 aromatic rings. The zero-order valence-corrected chi connectivity index (χ0v) is 8.82. The zero-order chi connectivity index (χ0) is 12.0.